The smallest absolute Gasteiger partial charge is 0.414 e. The Bertz CT molecular complexity index is 1110. The minimum atomic E-state index is -1.82. The zero-order valence-corrected chi connectivity index (χ0v) is 21.7. The van der Waals surface area contributed by atoms with Crippen molar-refractivity contribution in [1.29, 1.82) is 0 Å². The van der Waals surface area contributed by atoms with E-state index in [0.29, 0.717) is 18.7 Å². The number of likely N-dealkylation sites (N-methyl/N-ethyl adjacent to an activating group) is 1. The fourth-order valence-electron chi connectivity index (χ4n) is 3.03. The zero-order chi connectivity index (χ0) is 27.0. The Labute approximate surface area is 221 Å². The summed E-state index contributed by atoms with van der Waals surface area (Å²) in [5, 5.41) is 17.7. The summed E-state index contributed by atoms with van der Waals surface area (Å²) in [6, 6.07) is 26.3. The summed E-state index contributed by atoms with van der Waals surface area (Å²) in [5.74, 6) is -0.842. The quantitative estimate of drug-likeness (QED) is 0.254. The van der Waals surface area contributed by atoms with E-state index in [4.69, 9.17) is 24.5 Å². The molecule has 3 aromatic carbocycles. The second kappa shape index (κ2) is 16.0. The number of carbonyl (C=O) groups is 3. The highest BCUT2D eigenvalue weighted by atomic mass is 32.2. The molecule has 0 saturated carbocycles. The number of benzene rings is 3. The van der Waals surface area contributed by atoms with Crippen molar-refractivity contribution in [1.82, 2.24) is 10.2 Å². The molecule has 3 N–H and O–H groups in total. The van der Waals surface area contributed by atoms with Gasteiger partial charge < -0.3 is 25.2 Å². The van der Waals surface area contributed by atoms with Gasteiger partial charge in [-0.1, -0.05) is 54.6 Å². The number of ether oxygens (including phenoxy) is 1. The molecule has 0 aliphatic carbocycles. The first kappa shape index (κ1) is 29.4. The van der Waals surface area contributed by atoms with Crippen LogP contribution in [0.1, 0.15) is 15.9 Å². The molecule has 0 aliphatic heterocycles. The summed E-state index contributed by atoms with van der Waals surface area (Å²) < 4.78 is 5.73. The third kappa shape index (κ3) is 11.6. The Balaban J connectivity index is 0.000000717. The fraction of sp³-hybridized carbons (Fsp3) is 0.250. The van der Waals surface area contributed by atoms with Crippen molar-refractivity contribution < 1.29 is 29.3 Å². The van der Waals surface area contributed by atoms with Crippen LogP contribution < -0.4 is 10.1 Å². The molecule has 0 saturated heterocycles. The van der Waals surface area contributed by atoms with Crippen LogP contribution in [-0.4, -0.2) is 72.5 Å². The predicted molar refractivity (Wildman–Crippen MR) is 146 cm³/mol. The van der Waals surface area contributed by atoms with Crippen LogP contribution in [0.25, 0.3) is 11.1 Å². The van der Waals surface area contributed by atoms with Gasteiger partial charge >= 0.3 is 11.9 Å². The molecular weight excluding hydrogens is 492 g/mol. The van der Waals surface area contributed by atoms with Crippen LogP contribution in [0.5, 0.6) is 5.75 Å². The Morgan fingerprint density at radius 3 is 1.95 bits per heavy atom. The molecular formula is C28H32N2O6S. The van der Waals surface area contributed by atoms with Crippen molar-refractivity contribution in [2.75, 3.05) is 39.5 Å². The summed E-state index contributed by atoms with van der Waals surface area (Å²) >= 11 is 1.87. The van der Waals surface area contributed by atoms with Crippen molar-refractivity contribution in [2.45, 2.75) is 5.75 Å². The number of carbonyl (C=O) groups excluding carboxylic acids is 1. The van der Waals surface area contributed by atoms with Gasteiger partial charge in [-0.05, 0) is 55.1 Å². The highest BCUT2D eigenvalue weighted by Gasteiger charge is 2.06. The van der Waals surface area contributed by atoms with Gasteiger partial charge in [0.2, 0.25) is 0 Å². The topological polar surface area (TPSA) is 116 Å². The number of carboxylic acids is 2. The zero-order valence-electron chi connectivity index (χ0n) is 20.9. The average molecular weight is 525 g/mol. The van der Waals surface area contributed by atoms with Crippen LogP contribution in [-0.2, 0) is 15.3 Å². The van der Waals surface area contributed by atoms with E-state index in [0.717, 1.165) is 34.9 Å². The lowest BCUT2D eigenvalue weighted by Gasteiger charge is -2.11. The van der Waals surface area contributed by atoms with E-state index in [2.05, 4.69) is 29.6 Å². The largest absolute Gasteiger partial charge is 0.493 e. The van der Waals surface area contributed by atoms with Crippen molar-refractivity contribution >= 4 is 29.6 Å². The maximum absolute atomic E-state index is 12.2. The normalized spacial score (nSPS) is 10.2. The lowest BCUT2D eigenvalue weighted by Crippen LogP contribution is -2.31. The molecule has 0 unspecified atom stereocenters. The molecule has 196 valence electrons. The summed E-state index contributed by atoms with van der Waals surface area (Å²) in [6.07, 6.45) is 0. The van der Waals surface area contributed by atoms with E-state index < -0.39 is 11.9 Å². The number of nitrogens with zero attached hydrogens (tertiary/aromatic N) is 1. The number of hydrogen-bond acceptors (Lipinski definition) is 6. The van der Waals surface area contributed by atoms with Crippen LogP contribution in [0.2, 0.25) is 0 Å². The molecule has 0 aromatic heterocycles. The first-order chi connectivity index (χ1) is 17.8. The van der Waals surface area contributed by atoms with Crippen LogP contribution in [0.3, 0.4) is 0 Å². The van der Waals surface area contributed by atoms with Gasteiger partial charge in [-0.2, -0.15) is 11.8 Å². The second-order valence-corrected chi connectivity index (χ2v) is 9.26. The summed E-state index contributed by atoms with van der Waals surface area (Å²) in [7, 11) is 3.98. The van der Waals surface area contributed by atoms with Gasteiger partial charge in [-0.25, -0.2) is 9.59 Å². The minimum absolute atomic E-state index is 0.0305. The minimum Gasteiger partial charge on any atom is -0.493 e. The SMILES string of the molecule is CN(C)CCNC(=O)c1ccc(-c2ccc(CSCCOc3ccccc3)cc2)cc1.O=C(O)C(=O)O. The van der Waals surface area contributed by atoms with Crippen LogP contribution in [0, 0.1) is 0 Å². The van der Waals surface area contributed by atoms with Crippen molar-refractivity contribution in [3.8, 4) is 16.9 Å². The molecule has 0 bridgehead atoms. The standard InChI is InChI=1S/C26H30N2O2S.C2H2O4/c1-28(2)17-16-27-26(29)24-14-12-23(13-15-24)22-10-8-21(9-11-22)20-31-19-18-30-25-6-4-3-5-7-25;3-1(4)2(5)6/h3-15H,16-20H2,1-2H3,(H,27,29);(H,3,4)(H,5,6). The van der Waals surface area contributed by atoms with E-state index >= 15 is 0 Å². The Morgan fingerprint density at radius 2 is 1.41 bits per heavy atom. The van der Waals surface area contributed by atoms with Gasteiger partial charge in [-0.15, -0.1) is 0 Å². The van der Waals surface area contributed by atoms with Crippen LogP contribution in [0.15, 0.2) is 78.9 Å². The van der Waals surface area contributed by atoms with Crippen LogP contribution >= 0.6 is 11.8 Å². The monoisotopic (exact) mass is 524 g/mol. The number of para-hydroxylation sites is 1. The van der Waals surface area contributed by atoms with Crippen molar-refractivity contribution in [3.05, 3.63) is 90.0 Å². The summed E-state index contributed by atoms with van der Waals surface area (Å²) in [4.78, 5) is 32.5. The first-order valence-corrected chi connectivity index (χ1v) is 12.8. The number of aliphatic carboxylic acids is 2. The molecule has 37 heavy (non-hydrogen) atoms. The van der Waals surface area contributed by atoms with Gasteiger partial charge in [0.1, 0.15) is 5.75 Å². The Kier molecular flexibility index (Phi) is 12.7. The summed E-state index contributed by atoms with van der Waals surface area (Å²) in [5.41, 5.74) is 4.25. The van der Waals surface area contributed by atoms with Gasteiger partial charge in [0.15, 0.2) is 0 Å². The fourth-order valence-corrected chi connectivity index (χ4v) is 3.80. The van der Waals surface area contributed by atoms with E-state index in [9.17, 15) is 4.79 Å². The average Bonchev–Trinajstić information content (AvgIpc) is 2.89. The van der Waals surface area contributed by atoms with E-state index in [-0.39, 0.29) is 5.91 Å². The molecule has 3 rings (SSSR count). The van der Waals surface area contributed by atoms with E-state index in [1.807, 2.05) is 85.4 Å². The van der Waals surface area contributed by atoms with Gasteiger partial charge in [0.25, 0.3) is 5.91 Å². The first-order valence-electron chi connectivity index (χ1n) is 11.6. The maximum atomic E-state index is 12.2. The molecule has 0 radical (unpaired) electrons. The van der Waals surface area contributed by atoms with Crippen molar-refractivity contribution in [2.24, 2.45) is 0 Å². The number of nitrogens with one attached hydrogen (secondary N) is 1. The molecule has 0 atom stereocenters. The second-order valence-electron chi connectivity index (χ2n) is 8.16. The number of carboxylic acid groups (broad SMARTS) is 2. The lowest BCUT2D eigenvalue weighted by atomic mass is 10.0. The van der Waals surface area contributed by atoms with E-state index in [1.165, 1.54) is 5.56 Å². The molecule has 8 nitrogen and oxygen atoms in total. The molecule has 9 heteroatoms. The Hall–Kier alpha value is -3.82. The molecule has 3 aromatic rings. The molecule has 0 fully saturated rings. The maximum Gasteiger partial charge on any atom is 0.414 e. The molecule has 1 amide bonds. The summed E-state index contributed by atoms with van der Waals surface area (Å²) in [6.45, 7) is 2.18. The van der Waals surface area contributed by atoms with E-state index in [1.54, 1.807) is 0 Å². The van der Waals surface area contributed by atoms with Gasteiger partial charge in [-0.3, -0.25) is 4.79 Å². The number of rotatable bonds is 11. The Morgan fingerprint density at radius 1 is 0.838 bits per heavy atom. The number of amides is 1. The number of hydrogen-bond donors (Lipinski definition) is 3. The third-order valence-electron chi connectivity index (χ3n) is 4.97. The van der Waals surface area contributed by atoms with Gasteiger partial charge in [0.05, 0.1) is 6.61 Å². The molecule has 0 heterocycles. The highest BCUT2D eigenvalue weighted by Crippen LogP contribution is 2.22. The predicted octanol–water partition coefficient (Wildman–Crippen LogP) is 4.11. The highest BCUT2D eigenvalue weighted by molar-refractivity contribution is 7.98. The third-order valence-corrected chi connectivity index (χ3v) is 5.96. The van der Waals surface area contributed by atoms with Crippen molar-refractivity contribution in [3.63, 3.8) is 0 Å². The lowest BCUT2D eigenvalue weighted by molar-refractivity contribution is -0.159. The van der Waals surface area contributed by atoms with Crippen LogP contribution in [0.4, 0.5) is 0 Å². The van der Waals surface area contributed by atoms with Gasteiger partial charge in [0, 0.05) is 30.2 Å². The molecule has 0 spiro atoms. The molecule has 0 aliphatic rings. The number of thioether (sulfide) groups is 1.